The monoisotopic (exact) mass is 246 g/mol. The summed E-state index contributed by atoms with van der Waals surface area (Å²) in [4.78, 5) is 5.47. The van der Waals surface area contributed by atoms with Gasteiger partial charge in [0.15, 0.2) is 0 Å². The van der Waals surface area contributed by atoms with Crippen LogP contribution < -0.4 is 10.1 Å². The lowest BCUT2D eigenvalue weighted by molar-refractivity contribution is 0.262. The van der Waals surface area contributed by atoms with Crippen LogP contribution in [0, 0.1) is 0 Å². The molecule has 88 valence electrons. The normalized spacial score (nSPS) is 18.7. The van der Waals surface area contributed by atoms with E-state index in [0.717, 1.165) is 18.7 Å². The summed E-state index contributed by atoms with van der Waals surface area (Å²) in [6.07, 6.45) is 4.64. The fourth-order valence-corrected chi connectivity index (χ4v) is 3.04. The summed E-state index contributed by atoms with van der Waals surface area (Å²) >= 11 is 1.85. The molecule has 2 aromatic rings. The molecule has 0 bridgehead atoms. The molecule has 1 N–H and O–H groups in total. The lowest BCUT2D eigenvalue weighted by Gasteiger charge is -2.24. The van der Waals surface area contributed by atoms with Gasteiger partial charge in [0.2, 0.25) is 0 Å². The number of fused-ring (bicyclic) bond motifs is 1. The molecule has 0 saturated heterocycles. The molecule has 3 nitrogen and oxygen atoms in total. The predicted octanol–water partition coefficient (Wildman–Crippen LogP) is 2.41. The zero-order valence-electron chi connectivity index (χ0n) is 9.43. The Morgan fingerprint density at radius 1 is 1.35 bits per heavy atom. The molecule has 3 rings (SSSR count). The van der Waals surface area contributed by atoms with Crippen LogP contribution in [-0.4, -0.2) is 18.1 Å². The third kappa shape index (κ3) is 2.33. The summed E-state index contributed by atoms with van der Waals surface area (Å²) < 4.78 is 5.77. The molecular weight excluding hydrogens is 232 g/mol. The zero-order chi connectivity index (χ0) is 11.5. The van der Waals surface area contributed by atoms with Crippen molar-refractivity contribution >= 4 is 11.3 Å². The molecule has 0 unspecified atom stereocenters. The second-order valence-electron chi connectivity index (χ2n) is 4.05. The van der Waals surface area contributed by atoms with E-state index in [1.54, 1.807) is 12.4 Å². The van der Waals surface area contributed by atoms with Gasteiger partial charge in [-0.15, -0.1) is 11.3 Å². The van der Waals surface area contributed by atoms with Gasteiger partial charge in [-0.3, -0.25) is 4.98 Å². The van der Waals surface area contributed by atoms with Gasteiger partial charge in [-0.05, 0) is 35.6 Å². The van der Waals surface area contributed by atoms with E-state index in [9.17, 15) is 0 Å². The number of nitrogens with one attached hydrogen (secondary N) is 1. The van der Waals surface area contributed by atoms with E-state index in [-0.39, 0.29) is 0 Å². The van der Waals surface area contributed by atoms with E-state index in [1.165, 1.54) is 10.4 Å². The van der Waals surface area contributed by atoms with Gasteiger partial charge in [-0.25, -0.2) is 0 Å². The van der Waals surface area contributed by atoms with Crippen LogP contribution in [0.2, 0.25) is 0 Å². The summed E-state index contributed by atoms with van der Waals surface area (Å²) in [7, 11) is 0. The molecule has 17 heavy (non-hydrogen) atoms. The van der Waals surface area contributed by atoms with E-state index in [0.29, 0.717) is 12.6 Å². The number of thiophene rings is 1. The Bertz CT molecular complexity index is 483. The number of rotatable bonds is 3. The van der Waals surface area contributed by atoms with Crippen LogP contribution in [-0.2, 0) is 6.42 Å². The Morgan fingerprint density at radius 2 is 2.24 bits per heavy atom. The van der Waals surface area contributed by atoms with Crippen molar-refractivity contribution in [1.29, 1.82) is 0 Å². The molecule has 2 aromatic heterocycles. The Morgan fingerprint density at radius 3 is 3.12 bits per heavy atom. The first kappa shape index (κ1) is 10.7. The van der Waals surface area contributed by atoms with Crippen LogP contribution in [0.3, 0.4) is 0 Å². The maximum atomic E-state index is 5.77. The van der Waals surface area contributed by atoms with Gasteiger partial charge in [0.1, 0.15) is 12.4 Å². The predicted molar refractivity (Wildman–Crippen MR) is 68.5 cm³/mol. The third-order valence-corrected chi connectivity index (χ3v) is 3.96. The Hall–Kier alpha value is -1.39. The van der Waals surface area contributed by atoms with Gasteiger partial charge in [0, 0.05) is 23.8 Å². The highest BCUT2D eigenvalue weighted by atomic mass is 32.1. The first-order valence-corrected chi connectivity index (χ1v) is 6.64. The van der Waals surface area contributed by atoms with Crippen LogP contribution in [0.5, 0.6) is 5.75 Å². The number of hydrogen-bond acceptors (Lipinski definition) is 4. The topological polar surface area (TPSA) is 34.1 Å². The SMILES string of the molecule is c1cc(OC[C@H]2NCCc3sccc32)ccn1. The zero-order valence-corrected chi connectivity index (χ0v) is 10.2. The van der Waals surface area contributed by atoms with Gasteiger partial charge in [0.25, 0.3) is 0 Å². The number of ether oxygens (including phenoxy) is 1. The molecule has 0 fully saturated rings. The molecule has 1 aliphatic rings. The standard InChI is InChI=1S/C13H14N2OS/c1-5-14-6-2-10(1)16-9-12-11-4-8-17-13(11)3-7-15-12/h1-2,4-6,8,12,15H,3,7,9H2/t12-/m1/s1. The van der Waals surface area contributed by atoms with Crippen molar-refractivity contribution < 1.29 is 4.74 Å². The van der Waals surface area contributed by atoms with Gasteiger partial charge in [0.05, 0.1) is 6.04 Å². The van der Waals surface area contributed by atoms with Crippen molar-refractivity contribution in [1.82, 2.24) is 10.3 Å². The highest BCUT2D eigenvalue weighted by Crippen LogP contribution is 2.27. The van der Waals surface area contributed by atoms with Gasteiger partial charge < -0.3 is 10.1 Å². The van der Waals surface area contributed by atoms with Crippen LogP contribution in [0.15, 0.2) is 36.0 Å². The Balaban J connectivity index is 1.68. The molecule has 0 spiro atoms. The summed E-state index contributed by atoms with van der Waals surface area (Å²) in [5, 5.41) is 5.66. The number of hydrogen-bond donors (Lipinski definition) is 1. The maximum Gasteiger partial charge on any atom is 0.122 e. The first-order valence-electron chi connectivity index (χ1n) is 5.76. The molecule has 0 aromatic carbocycles. The summed E-state index contributed by atoms with van der Waals surface area (Å²) in [5.41, 5.74) is 1.40. The number of nitrogens with zero attached hydrogens (tertiary/aromatic N) is 1. The van der Waals surface area contributed by atoms with Crippen molar-refractivity contribution in [3.05, 3.63) is 46.4 Å². The molecule has 3 heterocycles. The first-order chi connectivity index (χ1) is 8.43. The molecule has 1 atom stereocenters. The average Bonchev–Trinajstić information content (AvgIpc) is 2.86. The summed E-state index contributed by atoms with van der Waals surface area (Å²) in [6, 6.07) is 6.29. The smallest absolute Gasteiger partial charge is 0.122 e. The van der Waals surface area contributed by atoms with Crippen molar-refractivity contribution in [3.63, 3.8) is 0 Å². The fourth-order valence-electron chi connectivity index (χ4n) is 2.10. The molecule has 1 aliphatic heterocycles. The quantitative estimate of drug-likeness (QED) is 0.903. The highest BCUT2D eigenvalue weighted by Gasteiger charge is 2.20. The van der Waals surface area contributed by atoms with Gasteiger partial charge in [-0.2, -0.15) is 0 Å². The lowest BCUT2D eigenvalue weighted by Crippen LogP contribution is -2.32. The number of pyridine rings is 1. The lowest BCUT2D eigenvalue weighted by atomic mass is 10.0. The van der Waals surface area contributed by atoms with Crippen LogP contribution >= 0.6 is 11.3 Å². The molecule has 0 amide bonds. The van der Waals surface area contributed by atoms with E-state index in [4.69, 9.17) is 4.74 Å². The van der Waals surface area contributed by atoms with E-state index in [1.807, 2.05) is 23.5 Å². The average molecular weight is 246 g/mol. The second kappa shape index (κ2) is 4.85. The molecule has 0 radical (unpaired) electrons. The minimum Gasteiger partial charge on any atom is -0.491 e. The Labute approximate surface area is 104 Å². The molecule has 0 aliphatic carbocycles. The molecule has 0 saturated carbocycles. The summed E-state index contributed by atoms with van der Waals surface area (Å²) in [6.45, 7) is 1.71. The third-order valence-electron chi connectivity index (χ3n) is 2.96. The van der Waals surface area contributed by atoms with Gasteiger partial charge >= 0.3 is 0 Å². The van der Waals surface area contributed by atoms with E-state index >= 15 is 0 Å². The fraction of sp³-hybridized carbons (Fsp3) is 0.308. The highest BCUT2D eigenvalue weighted by molar-refractivity contribution is 7.10. The van der Waals surface area contributed by atoms with Gasteiger partial charge in [-0.1, -0.05) is 0 Å². The largest absolute Gasteiger partial charge is 0.491 e. The molecular formula is C13H14N2OS. The summed E-state index contributed by atoms with van der Waals surface area (Å²) in [5.74, 6) is 0.879. The van der Waals surface area contributed by atoms with E-state index in [2.05, 4.69) is 21.7 Å². The van der Waals surface area contributed by atoms with Crippen molar-refractivity contribution in [2.75, 3.05) is 13.2 Å². The number of aromatic nitrogens is 1. The second-order valence-corrected chi connectivity index (χ2v) is 5.05. The van der Waals surface area contributed by atoms with Crippen molar-refractivity contribution in [2.24, 2.45) is 0 Å². The van der Waals surface area contributed by atoms with Crippen LogP contribution in [0.1, 0.15) is 16.5 Å². The van der Waals surface area contributed by atoms with E-state index < -0.39 is 0 Å². The minimum atomic E-state index is 0.318. The van der Waals surface area contributed by atoms with Crippen molar-refractivity contribution in [3.8, 4) is 5.75 Å². The van der Waals surface area contributed by atoms with Crippen LogP contribution in [0.4, 0.5) is 0 Å². The van der Waals surface area contributed by atoms with Crippen molar-refractivity contribution in [2.45, 2.75) is 12.5 Å². The Kier molecular flexibility index (Phi) is 3.07. The minimum absolute atomic E-state index is 0.318. The van der Waals surface area contributed by atoms with Crippen LogP contribution in [0.25, 0.3) is 0 Å². The maximum absolute atomic E-state index is 5.77. The molecule has 4 heteroatoms.